The number of carbonyl (C=O) groups excluding carboxylic acids is 2. The van der Waals surface area contributed by atoms with Crippen LogP contribution in [0.3, 0.4) is 0 Å². The molecule has 2 amide bonds. The Kier molecular flexibility index (Phi) is 6.49. The van der Waals surface area contributed by atoms with Gasteiger partial charge in [-0.25, -0.2) is 4.39 Å². The Balaban J connectivity index is 1.80. The Labute approximate surface area is 141 Å². The minimum absolute atomic E-state index is 0.188. The Morgan fingerprint density at radius 1 is 1.04 bits per heavy atom. The molecule has 126 valence electrons. The molecule has 0 saturated carbocycles. The third-order valence-corrected chi connectivity index (χ3v) is 3.65. The predicted molar refractivity (Wildman–Crippen MR) is 92.2 cm³/mol. The van der Waals surface area contributed by atoms with Crippen LogP contribution in [0.1, 0.15) is 18.9 Å². The fourth-order valence-electron chi connectivity index (χ4n) is 2.40. The summed E-state index contributed by atoms with van der Waals surface area (Å²) in [6.45, 7) is 2.79. The predicted octanol–water partition coefficient (Wildman–Crippen LogP) is 2.93. The molecule has 0 aromatic heterocycles. The lowest BCUT2D eigenvalue weighted by molar-refractivity contribution is -0.127. The molecule has 2 aromatic carbocycles. The summed E-state index contributed by atoms with van der Waals surface area (Å²) in [7, 11) is 0. The second-order valence-corrected chi connectivity index (χ2v) is 5.38. The van der Waals surface area contributed by atoms with E-state index in [1.54, 1.807) is 17.0 Å². The summed E-state index contributed by atoms with van der Waals surface area (Å²) in [5, 5.41) is 2.73. The fourth-order valence-corrected chi connectivity index (χ4v) is 2.40. The highest BCUT2D eigenvalue weighted by atomic mass is 19.1. The monoisotopic (exact) mass is 328 g/mol. The van der Waals surface area contributed by atoms with Gasteiger partial charge in [0, 0.05) is 18.8 Å². The van der Waals surface area contributed by atoms with Crippen molar-refractivity contribution < 1.29 is 14.0 Å². The second kappa shape index (κ2) is 8.82. The zero-order chi connectivity index (χ0) is 17.4. The van der Waals surface area contributed by atoms with E-state index in [4.69, 9.17) is 0 Å². The van der Waals surface area contributed by atoms with E-state index in [1.807, 2.05) is 37.3 Å². The minimum atomic E-state index is -0.309. The van der Waals surface area contributed by atoms with Crippen LogP contribution in [0.4, 0.5) is 10.1 Å². The van der Waals surface area contributed by atoms with E-state index in [0.717, 1.165) is 11.3 Å². The van der Waals surface area contributed by atoms with Gasteiger partial charge in [-0.15, -0.1) is 0 Å². The molecule has 1 N–H and O–H groups in total. The molecule has 0 fully saturated rings. The van der Waals surface area contributed by atoms with Gasteiger partial charge in [-0.05, 0) is 43.2 Å². The normalized spacial score (nSPS) is 10.2. The first-order chi connectivity index (χ1) is 11.6. The van der Waals surface area contributed by atoms with Gasteiger partial charge in [0.2, 0.25) is 11.8 Å². The van der Waals surface area contributed by atoms with Gasteiger partial charge in [0.15, 0.2) is 0 Å². The molecule has 4 nitrogen and oxygen atoms in total. The van der Waals surface area contributed by atoms with Crippen molar-refractivity contribution >= 4 is 17.5 Å². The van der Waals surface area contributed by atoms with Gasteiger partial charge in [-0.2, -0.15) is 0 Å². The number of carbonyl (C=O) groups is 2. The van der Waals surface area contributed by atoms with Gasteiger partial charge in [0.1, 0.15) is 12.2 Å². The number of hydrogen-bond donors (Lipinski definition) is 1. The molecule has 0 spiro atoms. The highest BCUT2D eigenvalue weighted by Crippen LogP contribution is 2.14. The Morgan fingerprint density at radius 3 is 2.33 bits per heavy atom. The molecule has 2 rings (SSSR count). The standard InChI is InChI=1S/C19H21FN2O2/c1-2-22(17-6-4-3-5-7-17)19(24)14-18(23)21-13-12-15-8-10-16(20)11-9-15/h3-11H,2,12-14H2,1H3,(H,21,23). The number of nitrogens with zero attached hydrogens (tertiary/aromatic N) is 1. The first-order valence-corrected chi connectivity index (χ1v) is 7.96. The van der Waals surface area contributed by atoms with E-state index in [2.05, 4.69) is 5.32 Å². The number of amides is 2. The number of benzene rings is 2. The molecule has 0 saturated heterocycles. The van der Waals surface area contributed by atoms with Crippen molar-refractivity contribution in [1.29, 1.82) is 0 Å². The number of rotatable bonds is 7. The van der Waals surface area contributed by atoms with Crippen molar-refractivity contribution in [2.45, 2.75) is 19.8 Å². The molecule has 0 unspecified atom stereocenters. The van der Waals surface area contributed by atoms with Gasteiger partial charge >= 0.3 is 0 Å². The van der Waals surface area contributed by atoms with Crippen molar-refractivity contribution in [2.24, 2.45) is 0 Å². The fraction of sp³-hybridized carbons (Fsp3) is 0.263. The van der Waals surface area contributed by atoms with Gasteiger partial charge in [0.25, 0.3) is 0 Å². The molecular weight excluding hydrogens is 307 g/mol. The third kappa shape index (κ3) is 5.19. The molecular formula is C19H21FN2O2. The topological polar surface area (TPSA) is 49.4 Å². The van der Waals surface area contributed by atoms with Crippen LogP contribution in [0.2, 0.25) is 0 Å². The van der Waals surface area contributed by atoms with Gasteiger partial charge in [0.05, 0.1) is 0 Å². The highest BCUT2D eigenvalue weighted by Gasteiger charge is 2.17. The summed E-state index contributed by atoms with van der Waals surface area (Å²) in [6, 6.07) is 15.4. The summed E-state index contributed by atoms with van der Waals surface area (Å²) in [4.78, 5) is 25.8. The number of nitrogens with one attached hydrogen (secondary N) is 1. The average Bonchev–Trinajstić information content (AvgIpc) is 2.58. The Hall–Kier alpha value is -2.69. The zero-order valence-electron chi connectivity index (χ0n) is 13.7. The Bertz CT molecular complexity index is 672. The maximum absolute atomic E-state index is 12.8. The van der Waals surface area contributed by atoms with Crippen LogP contribution in [0.25, 0.3) is 0 Å². The van der Waals surface area contributed by atoms with E-state index in [1.165, 1.54) is 12.1 Å². The van der Waals surface area contributed by atoms with E-state index < -0.39 is 0 Å². The van der Waals surface area contributed by atoms with Crippen LogP contribution in [-0.2, 0) is 16.0 Å². The zero-order valence-corrected chi connectivity index (χ0v) is 13.7. The molecule has 0 heterocycles. The summed E-state index contributed by atoms with van der Waals surface area (Å²) in [6.07, 6.45) is 0.405. The molecule has 0 radical (unpaired) electrons. The van der Waals surface area contributed by atoms with Crippen molar-refractivity contribution in [3.05, 3.63) is 66.0 Å². The number of hydrogen-bond acceptors (Lipinski definition) is 2. The molecule has 0 bridgehead atoms. The largest absolute Gasteiger partial charge is 0.355 e. The SMILES string of the molecule is CCN(C(=O)CC(=O)NCCc1ccc(F)cc1)c1ccccc1. The molecule has 0 atom stereocenters. The highest BCUT2D eigenvalue weighted by molar-refractivity contribution is 6.04. The Morgan fingerprint density at radius 2 is 1.71 bits per heavy atom. The smallest absolute Gasteiger partial charge is 0.236 e. The molecule has 0 aliphatic carbocycles. The van der Waals surface area contributed by atoms with Gasteiger partial charge in [-0.1, -0.05) is 30.3 Å². The van der Waals surface area contributed by atoms with E-state index >= 15 is 0 Å². The quantitative estimate of drug-likeness (QED) is 0.795. The van der Waals surface area contributed by atoms with Gasteiger partial charge in [-0.3, -0.25) is 9.59 Å². The number of anilines is 1. The summed E-state index contributed by atoms with van der Waals surface area (Å²) < 4.78 is 12.8. The second-order valence-electron chi connectivity index (χ2n) is 5.38. The van der Waals surface area contributed by atoms with Crippen LogP contribution < -0.4 is 10.2 Å². The molecule has 5 heteroatoms. The lowest BCUT2D eigenvalue weighted by Crippen LogP contribution is -2.36. The average molecular weight is 328 g/mol. The molecule has 0 aliphatic heterocycles. The van der Waals surface area contributed by atoms with Crippen LogP contribution in [0.5, 0.6) is 0 Å². The molecule has 24 heavy (non-hydrogen) atoms. The molecule has 2 aromatic rings. The lowest BCUT2D eigenvalue weighted by atomic mass is 10.1. The minimum Gasteiger partial charge on any atom is -0.355 e. The maximum Gasteiger partial charge on any atom is 0.236 e. The number of halogens is 1. The first-order valence-electron chi connectivity index (χ1n) is 7.96. The van der Waals surface area contributed by atoms with Crippen molar-refractivity contribution in [2.75, 3.05) is 18.0 Å². The van der Waals surface area contributed by atoms with Crippen LogP contribution in [0.15, 0.2) is 54.6 Å². The lowest BCUT2D eigenvalue weighted by Gasteiger charge is -2.20. The first kappa shape index (κ1) is 17.7. The van der Waals surface area contributed by atoms with Crippen LogP contribution in [-0.4, -0.2) is 24.9 Å². The van der Waals surface area contributed by atoms with Gasteiger partial charge < -0.3 is 10.2 Å². The summed E-state index contributed by atoms with van der Waals surface area (Å²) >= 11 is 0. The van der Waals surface area contributed by atoms with Crippen LogP contribution in [0, 0.1) is 5.82 Å². The maximum atomic E-state index is 12.8. The summed E-state index contributed by atoms with van der Waals surface area (Å²) in [5.41, 5.74) is 1.71. The van der Waals surface area contributed by atoms with E-state index in [9.17, 15) is 14.0 Å². The van der Waals surface area contributed by atoms with Crippen molar-refractivity contribution in [3.63, 3.8) is 0 Å². The van der Waals surface area contributed by atoms with Crippen LogP contribution >= 0.6 is 0 Å². The van der Waals surface area contributed by atoms with E-state index in [-0.39, 0.29) is 24.1 Å². The third-order valence-electron chi connectivity index (χ3n) is 3.65. The van der Waals surface area contributed by atoms with E-state index in [0.29, 0.717) is 19.5 Å². The van der Waals surface area contributed by atoms with Crippen molar-refractivity contribution in [3.8, 4) is 0 Å². The van der Waals surface area contributed by atoms with Crippen molar-refractivity contribution in [1.82, 2.24) is 5.32 Å². The molecule has 0 aliphatic rings. The number of para-hydroxylation sites is 1. The summed E-state index contributed by atoms with van der Waals surface area (Å²) in [5.74, 6) is -0.826.